The zero-order valence-electron chi connectivity index (χ0n) is 11.3. The van der Waals surface area contributed by atoms with Gasteiger partial charge >= 0.3 is 6.18 Å². The molecular formula is C17H15F3O. The van der Waals surface area contributed by atoms with Gasteiger partial charge < -0.3 is 5.11 Å². The summed E-state index contributed by atoms with van der Waals surface area (Å²) in [5.74, 6) is -0.246. The van der Waals surface area contributed by atoms with E-state index >= 15 is 0 Å². The van der Waals surface area contributed by atoms with Gasteiger partial charge in [-0.3, -0.25) is 0 Å². The molecule has 4 heteroatoms. The predicted octanol–water partition coefficient (Wildman–Crippen LogP) is 4.28. The van der Waals surface area contributed by atoms with Crippen LogP contribution < -0.4 is 0 Å². The minimum Gasteiger partial charge on any atom is -0.392 e. The molecule has 0 amide bonds. The Morgan fingerprint density at radius 3 is 2.43 bits per heavy atom. The van der Waals surface area contributed by atoms with Gasteiger partial charge in [0.2, 0.25) is 0 Å². The summed E-state index contributed by atoms with van der Waals surface area (Å²) < 4.78 is 39.5. The summed E-state index contributed by atoms with van der Waals surface area (Å²) >= 11 is 0. The van der Waals surface area contributed by atoms with Crippen LogP contribution in [0.5, 0.6) is 0 Å². The molecule has 0 heterocycles. The van der Waals surface area contributed by atoms with Gasteiger partial charge in [0.05, 0.1) is 12.2 Å². The van der Waals surface area contributed by atoms with Gasteiger partial charge in [-0.25, -0.2) is 0 Å². The Kier molecular flexibility index (Phi) is 3.49. The predicted molar refractivity (Wildman–Crippen MR) is 74.0 cm³/mol. The summed E-state index contributed by atoms with van der Waals surface area (Å²) in [7, 11) is 0. The van der Waals surface area contributed by atoms with E-state index in [1.807, 2.05) is 12.1 Å². The summed E-state index contributed by atoms with van der Waals surface area (Å²) in [6.07, 6.45) is -2.98. The first-order valence-electron chi connectivity index (χ1n) is 6.90. The topological polar surface area (TPSA) is 20.2 Å². The number of aliphatic hydroxyl groups excluding tert-OH is 1. The minimum absolute atomic E-state index is 0.0726. The fourth-order valence-electron chi connectivity index (χ4n) is 3.26. The van der Waals surface area contributed by atoms with Gasteiger partial charge in [-0.1, -0.05) is 36.4 Å². The van der Waals surface area contributed by atoms with Crippen molar-refractivity contribution >= 4 is 0 Å². The highest BCUT2D eigenvalue weighted by Crippen LogP contribution is 2.44. The van der Waals surface area contributed by atoms with Gasteiger partial charge in [0.15, 0.2) is 0 Å². The molecule has 0 aliphatic heterocycles. The highest BCUT2D eigenvalue weighted by Gasteiger charge is 2.37. The second kappa shape index (κ2) is 5.19. The summed E-state index contributed by atoms with van der Waals surface area (Å²) in [4.78, 5) is 0. The molecule has 0 bridgehead atoms. The summed E-state index contributed by atoms with van der Waals surface area (Å²) in [6, 6.07) is 11.3. The highest BCUT2D eigenvalue weighted by atomic mass is 19.4. The second-order valence-corrected chi connectivity index (χ2v) is 5.32. The zero-order chi connectivity index (χ0) is 15.0. The van der Waals surface area contributed by atoms with Gasteiger partial charge in [-0.05, 0) is 41.2 Å². The van der Waals surface area contributed by atoms with Crippen molar-refractivity contribution in [3.63, 3.8) is 0 Å². The Labute approximate surface area is 121 Å². The number of fused-ring (bicyclic) bond motifs is 1. The quantitative estimate of drug-likeness (QED) is 0.876. The minimum atomic E-state index is -4.34. The van der Waals surface area contributed by atoms with Gasteiger partial charge in [0.25, 0.3) is 0 Å². The van der Waals surface area contributed by atoms with E-state index in [0.29, 0.717) is 18.4 Å². The molecule has 110 valence electrons. The fraction of sp³-hybridized carbons (Fsp3) is 0.294. The van der Waals surface area contributed by atoms with Crippen molar-refractivity contribution in [2.24, 2.45) is 0 Å². The standard InChI is InChI=1S/C17H15F3O/c18-17(19,20)16-7-2-1-5-15(16)14-9-8-12-11(10-21)4-3-6-13(12)14/h1-7,14,21H,8-10H2. The molecule has 0 radical (unpaired) electrons. The normalized spacial score (nSPS) is 17.8. The maximum atomic E-state index is 13.2. The molecule has 21 heavy (non-hydrogen) atoms. The number of hydrogen-bond donors (Lipinski definition) is 1. The molecule has 1 N–H and O–H groups in total. The average molecular weight is 292 g/mol. The average Bonchev–Trinajstić information content (AvgIpc) is 2.90. The van der Waals surface area contributed by atoms with Crippen LogP contribution in [-0.2, 0) is 19.2 Å². The van der Waals surface area contributed by atoms with E-state index in [9.17, 15) is 18.3 Å². The summed E-state index contributed by atoms with van der Waals surface area (Å²) in [5.41, 5.74) is 2.51. The van der Waals surface area contributed by atoms with Crippen molar-refractivity contribution in [1.29, 1.82) is 0 Å². The van der Waals surface area contributed by atoms with Crippen molar-refractivity contribution in [2.45, 2.75) is 31.5 Å². The molecule has 1 aliphatic carbocycles. The lowest BCUT2D eigenvalue weighted by Crippen LogP contribution is -2.11. The molecule has 2 aromatic rings. The lowest BCUT2D eigenvalue weighted by atomic mass is 9.88. The fourth-order valence-corrected chi connectivity index (χ4v) is 3.26. The Morgan fingerprint density at radius 1 is 1.00 bits per heavy atom. The Hall–Kier alpha value is -1.81. The second-order valence-electron chi connectivity index (χ2n) is 5.32. The van der Waals surface area contributed by atoms with E-state index < -0.39 is 11.7 Å². The first-order chi connectivity index (χ1) is 10.0. The van der Waals surface area contributed by atoms with Crippen LogP contribution >= 0.6 is 0 Å². The van der Waals surface area contributed by atoms with E-state index in [2.05, 4.69) is 0 Å². The third-order valence-corrected chi connectivity index (χ3v) is 4.18. The molecule has 0 saturated heterocycles. The van der Waals surface area contributed by atoms with Crippen molar-refractivity contribution in [3.05, 3.63) is 70.3 Å². The lowest BCUT2D eigenvalue weighted by molar-refractivity contribution is -0.138. The maximum Gasteiger partial charge on any atom is 0.416 e. The number of halogens is 3. The molecule has 0 spiro atoms. The van der Waals surface area contributed by atoms with Crippen molar-refractivity contribution < 1.29 is 18.3 Å². The van der Waals surface area contributed by atoms with Gasteiger partial charge in [-0.2, -0.15) is 13.2 Å². The molecule has 0 saturated carbocycles. The largest absolute Gasteiger partial charge is 0.416 e. The van der Waals surface area contributed by atoms with E-state index in [1.54, 1.807) is 18.2 Å². The summed E-state index contributed by atoms with van der Waals surface area (Å²) in [6.45, 7) is -0.0726. The van der Waals surface area contributed by atoms with Crippen LogP contribution in [0.2, 0.25) is 0 Å². The maximum absolute atomic E-state index is 13.2. The Balaban J connectivity index is 2.11. The molecule has 1 unspecified atom stereocenters. The van der Waals surface area contributed by atoms with E-state index in [0.717, 1.165) is 22.8 Å². The van der Waals surface area contributed by atoms with E-state index in [1.165, 1.54) is 6.07 Å². The number of alkyl halides is 3. The third-order valence-electron chi connectivity index (χ3n) is 4.18. The van der Waals surface area contributed by atoms with Crippen molar-refractivity contribution in [3.8, 4) is 0 Å². The molecule has 3 rings (SSSR count). The van der Waals surface area contributed by atoms with Gasteiger partial charge in [0, 0.05) is 5.92 Å². The van der Waals surface area contributed by atoms with Crippen LogP contribution in [0.25, 0.3) is 0 Å². The van der Waals surface area contributed by atoms with Crippen LogP contribution in [0.15, 0.2) is 42.5 Å². The SMILES string of the molecule is OCc1cccc2c1CCC2c1ccccc1C(F)(F)F. The smallest absolute Gasteiger partial charge is 0.392 e. The zero-order valence-corrected chi connectivity index (χ0v) is 11.3. The van der Waals surface area contributed by atoms with Crippen LogP contribution in [0.3, 0.4) is 0 Å². The molecule has 0 aromatic heterocycles. The molecular weight excluding hydrogens is 277 g/mol. The van der Waals surface area contributed by atoms with Crippen molar-refractivity contribution in [2.75, 3.05) is 0 Å². The van der Waals surface area contributed by atoms with E-state index in [-0.39, 0.29) is 12.5 Å². The molecule has 1 aliphatic rings. The molecule has 2 aromatic carbocycles. The van der Waals surface area contributed by atoms with E-state index in [4.69, 9.17) is 0 Å². The molecule has 1 nitrogen and oxygen atoms in total. The first kappa shape index (κ1) is 14.1. The molecule has 1 atom stereocenters. The number of hydrogen-bond acceptors (Lipinski definition) is 1. The third kappa shape index (κ3) is 2.44. The first-order valence-corrected chi connectivity index (χ1v) is 6.90. The lowest BCUT2D eigenvalue weighted by Gasteiger charge is -2.19. The monoisotopic (exact) mass is 292 g/mol. The number of benzene rings is 2. The van der Waals surface area contributed by atoms with Crippen LogP contribution in [0, 0.1) is 0 Å². The summed E-state index contributed by atoms with van der Waals surface area (Å²) in [5, 5.41) is 9.36. The Morgan fingerprint density at radius 2 is 1.71 bits per heavy atom. The van der Waals surface area contributed by atoms with Crippen LogP contribution in [0.1, 0.15) is 40.2 Å². The van der Waals surface area contributed by atoms with Gasteiger partial charge in [0.1, 0.15) is 0 Å². The van der Waals surface area contributed by atoms with Gasteiger partial charge in [-0.15, -0.1) is 0 Å². The van der Waals surface area contributed by atoms with Crippen molar-refractivity contribution in [1.82, 2.24) is 0 Å². The van der Waals surface area contributed by atoms with Crippen LogP contribution in [0.4, 0.5) is 13.2 Å². The van der Waals surface area contributed by atoms with Crippen LogP contribution in [-0.4, -0.2) is 5.11 Å². The Bertz CT molecular complexity index is 661. The molecule has 0 fully saturated rings. The highest BCUT2D eigenvalue weighted by molar-refractivity contribution is 5.48. The number of aliphatic hydroxyl groups is 1. The number of rotatable bonds is 2.